The van der Waals surface area contributed by atoms with Crippen molar-refractivity contribution in [1.82, 2.24) is 4.98 Å². The number of benzene rings is 1. The molecule has 1 aromatic heterocycles. The largest absolute Gasteiger partial charge is 0.378 e. The Morgan fingerprint density at radius 1 is 1.50 bits per heavy atom. The van der Waals surface area contributed by atoms with Gasteiger partial charge in [0.2, 0.25) is 0 Å². The lowest BCUT2D eigenvalue weighted by Gasteiger charge is -2.28. The molecule has 3 rings (SSSR count). The summed E-state index contributed by atoms with van der Waals surface area (Å²) in [7, 11) is 0. The molecule has 7 heteroatoms. The number of anilines is 1. The highest BCUT2D eigenvalue weighted by atomic mass is 19.1. The lowest BCUT2D eigenvalue weighted by Crippen LogP contribution is -2.32. The van der Waals surface area contributed by atoms with Crippen molar-refractivity contribution >= 4 is 22.3 Å². The summed E-state index contributed by atoms with van der Waals surface area (Å²) in [6, 6.07) is 4.14. The molecule has 6 nitrogen and oxygen atoms in total. The summed E-state index contributed by atoms with van der Waals surface area (Å²) in [6.45, 7) is 2.57. The summed E-state index contributed by atoms with van der Waals surface area (Å²) in [5, 5.41) is 14.9. The van der Waals surface area contributed by atoms with Crippen molar-refractivity contribution in [3.63, 3.8) is 0 Å². The van der Waals surface area contributed by atoms with Crippen LogP contribution in [-0.4, -0.2) is 28.7 Å². The monoisotopic (exact) mass is 305 g/mol. The van der Waals surface area contributed by atoms with Crippen LogP contribution < -0.4 is 5.32 Å². The molecule has 2 heterocycles. The highest BCUT2D eigenvalue weighted by Crippen LogP contribution is 2.33. The van der Waals surface area contributed by atoms with Crippen LogP contribution in [0.3, 0.4) is 0 Å². The van der Waals surface area contributed by atoms with Gasteiger partial charge in [0.25, 0.3) is 0 Å². The molecular weight excluding hydrogens is 289 g/mol. The van der Waals surface area contributed by atoms with E-state index >= 15 is 0 Å². The Morgan fingerprint density at radius 2 is 2.32 bits per heavy atom. The minimum atomic E-state index is -0.498. The first-order valence-electron chi connectivity index (χ1n) is 7.15. The number of pyridine rings is 1. The van der Waals surface area contributed by atoms with Crippen LogP contribution in [0.15, 0.2) is 24.4 Å². The zero-order chi connectivity index (χ0) is 15.7. The predicted molar refractivity (Wildman–Crippen MR) is 80.4 cm³/mol. The first-order chi connectivity index (χ1) is 10.5. The van der Waals surface area contributed by atoms with Crippen molar-refractivity contribution in [3.05, 3.63) is 40.3 Å². The summed E-state index contributed by atoms with van der Waals surface area (Å²) in [4.78, 5) is 14.8. The number of aromatic nitrogens is 1. The van der Waals surface area contributed by atoms with Gasteiger partial charge in [-0.05, 0) is 38.0 Å². The van der Waals surface area contributed by atoms with Crippen molar-refractivity contribution in [2.45, 2.75) is 31.9 Å². The molecule has 1 fully saturated rings. The molecule has 1 aliphatic heterocycles. The van der Waals surface area contributed by atoms with Gasteiger partial charge in [-0.1, -0.05) is 0 Å². The van der Waals surface area contributed by atoms with Gasteiger partial charge >= 0.3 is 5.69 Å². The zero-order valence-electron chi connectivity index (χ0n) is 12.1. The van der Waals surface area contributed by atoms with Crippen LogP contribution in [0.1, 0.15) is 19.8 Å². The van der Waals surface area contributed by atoms with Gasteiger partial charge in [0.05, 0.1) is 16.5 Å². The Morgan fingerprint density at radius 3 is 3.05 bits per heavy atom. The number of nitrogens with one attached hydrogen (secondary N) is 1. The van der Waals surface area contributed by atoms with E-state index in [9.17, 15) is 14.5 Å². The van der Waals surface area contributed by atoms with Crippen molar-refractivity contribution < 1.29 is 14.1 Å². The summed E-state index contributed by atoms with van der Waals surface area (Å²) in [5.41, 5.74) is 0.709. The SMILES string of the molecule is C[C@@H]1CC(Nc2c([N+](=O)[O-])cnc3ccc(F)cc23)CCO1. The van der Waals surface area contributed by atoms with E-state index in [1.54, 1.807) is 0 Å². The van der Waals surface area contributed by atoms with E-state index in [4.69, 9.17) is 4.74 Å². The van der Waals surface area contributed by atoms with Gasteiger partial charge in [0.1, 0.15) is 17.7 Å². The number of nitro groups is 1. The number of fused-ring (bicyclic) bond motifs is 1. The Kier molecular flexibility index (Phi) is 3.89. The maximum Gasteiger partial charge on any atom is 0.311 e. The normalized spacial score (nSPS) is 21.7. The summed E-state index contributed by atoms with van der Waals surface area (Å²) in [5.74, 6) is -0.446. The van der Waals surface area contributed by atoms with Crippen LogP contribution in [-0.2, 0) is 4.74 Å². The van der Waals surface area contributed by atoms with E-state index in [1.807, 2.05) is 6.92 Å². The number of rotatable bonds is 3. The average molecular weight is 305 g/mol. The summed E-state index contributed by atoms with van der Waals surface area (Å²) < 4.78 is 19.0. The quantitative estimate of drug-likeness (QED) is 0.695. The molecule has 0 saturated carbocycles. The maximum atomic E-state index is 13.5. The number of nitrogens with zero attached hydrogens (tertiary/aromatic N) is 2. The third-order valence-electron chi connectivity index (χ3n) is 3.84. The van der Waals surface area contributed by atoms with Crippen molar-refractivity contribution in [3.8, 4) is 0 Å². The van der Waals surface area contributed by atoms with Crippen molar-refractivity contribution in [2.24, 2.45) is 0 Å². The van der Waals surface area contributed by atoms with Crippen LogP contribution >= 0.6 is 0 Å². The molecule has 0 radical (unpaired) electrons. The van der Waals surface area contributed by atoms with Gasteiger partial charge < -0.3 is 10.1 Å². The van der Waals surface area contributed by atoms with Gasteiger partial charge in [0.15, 0.2) is 0 Å². The average Bonchev–Trinajstić information content (AvgIpc) is 2.47. The van der Waals surface area contributed by atoms with Crippen LogP contribution in [0.2, 0.25) is 0 Å². The van der Waals surface area contributed by atoms with E-state index in [0.717, 1.165) is 12.8 Å². The van der Waals surface area contributed by atoms with E-state index in [1.165, 1.54) is 24.4 Å². The molecule has 0 amide bonds. The van der Waals surface area contributed by atoms with Gasteiger partial charge in [-0.3, -0.25) is 10.1 Å². The lowest BCUT2D eigenvalue weighted by atomic mass is 10.0. The molecule has 116 valence electrons. The maximum absolute atomic E-state index is 13.5. The van der Waals surface area contributed by atoms with Gasteiger partial charge in [-0.25, -0.2) is 9.37 Å². The predicted octanol–water partition coefficient (Wildman–Crippen LogP) is 3.26. The van der Waals surface area contributed by atoms with E-state index in [2.05, 4.69) is 10.3 Å². The molecule has 1 N–H and O–H groups in total. The minimum absolute atomic E-state index is 0.0521. The number of halogens is 1. The van der Waals surface area contributed by atoms with Crippen molar-refractivity contribution in [1.29, 1.82) is 0 Å². The highest BCUT2D eigenvalue weighted by Gasteiger charge is 2.24. The van der Waals surface area contributed by atoms with Crippen molar-refractivity contribution in [2.75, 3.05) is 11.9 Å². The van der Waals surface area contributed by atoms with Crippen LogP contribution in [0.5, 0.6) is 0 Å². The Hall–Kier alpha value is -2.28. The molecule has 1 aromatic carbocycles. The fourth-order valence-electron chi connectivity index (χ4n) is 2.78. The molecule has 22 heavy (non-hydrogen) atoms. The number of hydrogen-bond acceptors (Lipinski definition) is 5. The standard InChI is InChI=1S/C15H16FN3O3/c1-9-6-11(4-5-22-9)18-15-12-7-10(16)2-3-13(12)17-8-14(15)19(20)21/h2-3,7-9,11H,4-6H2,1H3,(H,17,18)/t9-,11?/m1/s1. The smallest absolute Gasteiger partial charge is 0.311 e. The van der Waals surface area contributed by atoms with Crippen LogP contribution in [0, 0.1) is 15.9 Å². The molecule has 0 bridgehead atoms. The second-order valence-corrected chi connectivity index (χ2v) is 5.48. The van der Waals surface area contributed by atoms with E-state index < -0.39 is 10.7 Å². The third-order valence-corrected chi connectivity index (χ3v) is 3.84. The number of hydrogen-bond donors (Lipinski definition) is 1. The Bertz CT molecular complexity index is 722. The fraction of sp³-hybridized carbons (Fsp3) is 0.400. The third kappa shape index (κ3) is 2.85. The summed E-state index contributed by atoms with van der Waals surface area (Å²) in [6.07, 6.45) is 2.80. The van der Waals surface area contributed by atoms with E-state index in [-0.39, 0.29) is 17.8 Å². The first-order valence-corrected chi connectivity index (χ1v) is 7.15. The first kappa shape index (κ1) is 14.6. The number of ether oxygens (including phenoxy) is 1. The minimum Gasteiger partial charge on any atom is -0.378 e. The Labute approximate surface area is 126 Å². The molecule has 1 saturated heterocycles. The van der Waals surface area contributed by atoms with Gasteiger partial charge in [0, 0.05) is 18.0 Å². The molecular formula is C15H16FN3O3. The second-order valence-electron chi connectivity index (χ2n) is 5.48. The molecule has 2 atom stereocenters. The molecule has 2 aromatic rings. The van der Waals surface area contributed by atoms with E-state index in [0.29, 0.717) is 23.2 Å². The van der Waals surface area contributed by atoms with Gasteiger partial charge in [-0.15, -0.1) is 0 Å². The topological polar surface area (TPSA) is 77.3 Å². The van der Waals surface area contributed by atoms with Crippen LogP contribution in [0.4, 0.5) is 15.8 Å². The molecule has 0 spiro atoms. The molecule has 1 aliphatic rings. The van der Waals surface area contributed by atoms with Gasteiger partial charge in [-0.2, -0.15) is 0 Å². The highest BCUT2D eigenvalue weighted by molar-refractivity contribution is 5.95. The molecule has 1 unspecified atom stereocenters. The van der Waals surface area contributed by atoms with Crippen LogP contribution in [0.25, 0.3) is 10.9 Å². The fourth-order valence-corrected chi connectivity index (χ4v) is 2.78. The second kappa shape index (κ2) is 5.84. The Balaban J connectivity index is 2.05. The lowest BCUT2D eigenvalue weighted by molar-refractivity contribution is -0.384. The summed E-state index contributed by atoms with van der Waals surface area (Å²) >= 11 is 0. The zero-order valence-corrected chi connectivity index (χ0v) is 12.1. The molecule has 0 aliphatic carbocycles.